The second-order valence-electron chi connectivity index (χ2n) is 4.11. The van der Waals surface area contributed by atoms with E-state index in [0.29, 0.717) is 0 Å². The Kier molecular flexibility index (Phi) is 4.68. The molecule has 4 nitrogen and oxygen atoms in total. The maximum atomic E-state index is 13.7. The molecule has 1 heterocycles. The molecule has 0 bridgehead atoms. The molecule has 2 aromatic rings. The largest absolute Gasteiger partial charge is 0.464 e. The van der Waals surface area contributed by atoms with Crippen LogP contribution in [-0.2, 0) is 9.53 Å². The first kappa shape index (κ1) is 14.5. The Labute approximate surface area is 120 Å². The van der Waals surface area contributed by atoms with Gasteiger partial charge in [-0.25, -0.2) is 14.2 Å². The molecule has 0 radical (unpaired) electrons. The Balaban J connectivity index is 2.31. The Morgan fingerprint density at radius 1 is 1.50 bits per heavy atom. The molecule has 2 rings (SSSR count). The zero-order chi connectivity index (χ0) is 14.5. The highest BCUT2D eigenvalue weighted by Crippen LogP contribution is 2.27. The summed E-state index contributed by atoms with van der Waals surface area (Å²) in [5.41, 5.74) is 2.65. The van der Waals surface area contributed by atoms with E-state index in [4.69, 9.17) is 4.74 Å². The van der Waals surface area contributed by atoms with E-state index in [1.165, 1.54) is 17.4 Å². The molecule has 0 aliphatic carbocycles. The predicted octanol–water partition coefficient (Wildman–Crippen LogP) is 3.31. The SMILES string of the molecule is CCOC(=O)C(Nc1ccccc1F)c1scnc1C. The molecule has 0 fully saturated rings. The van der Waals surface area contributed by atoms with Crippen LogP contribution in [0.25, 0.3) is 0 Å². The predicted molar refractivity (Wildman–Crippen MR) is 76.2 cm³/mol. The van der Waals surface area contributed by atoms with E-state index in [-0.39, 0.29) is 12.3 Å². The number of carbonyl (C=O) groups is 1. The van der Waals surface area contributed by atoms with E-state index < -0.39 is 17.8 Å². The number of aromatic nitrogens is 1. The van der Waals surface area contributed by atoms with E-state index in [1.54, 1.807) is 37.6 Å². The number of nitrogens with zero attached hydrogens (tertiary/aromatic N) is 1. The lowest BCUT2D eigenvalue weighted by Crippen LogP contribution is -2.23. The number of rotatable bonds is 5. The van der Waals surface area contributed by atoms with Crippen LogP contribution in [0.5, 0.6) is 0 Å². The number of hydrogen-bond donors (Lipinski definition) is 1. The molecule has 0 amide bonds. The summed E-state index contributed by atoms with van der Waals surface area (Å²) in [5, 5.41) is 2.90. The van der Waals surface area contributed by atoms with Crippen LogP contribution in [0.3, 0.4) is 0 Å². The van der Waals surface area contributed by atoms with Crippen LogP contribution in [0.4, 0.5) is 10.1 Å². The number of hydrogen-bond acceptors (Lipinski definition) is 5. The summed E-state index contributed by atoms with van der Waals surface area (Å²) in [6, 6.07) is 5.46. The molecular weight excluding hydrogens is 279 g/mol. The number of para-hydroxylation sites is 1. The van der Waals surface area contributed by atoms with Gasteiger partial charge in [-0.3, -0.25) is 0 Å². The molecule has 0 aliphatic rings. The number of carbonyl (C=O) groups excluding carboxylic acids is 1. The molecule has 0 spiro atoms. The van der Waals surface area contributed by atoms with Gasteiger partial charge in [0.25, 0.3) is 0 Å². The average molecular weight is 294 g/mol. The fourth-order valence-corrected chi connectivity index (χ4v) is 2.62. The number of ether oxygens (including phenoxy) is 1. The summed E-state index contributed by atoms with van der Waals surface area (Å²) in [4.78, 5) is 16.9. The van der Waals surface area contributed by atoms with Crippen molar-refractivity contribution in [2.45, 2.75) is 19.9 Å². The minimum absolute atomic E-state index is 0.262. The molecule has 1 unspecified atom stereocenters. The molecule has 1 atom stereocenters. The normalized spacial score (nSPS) is 11.9. The summed E-state index contributed by atoms with van der Waals surface area (Å²) < 4.78 is 18.8. The van der Waals surface area contributed by atoms with Crippen LogP contribution in [0.2, 0.25) is 0 Å². The van der Waals surface area contributed by atoms with Gasteiger partial charge in [0.1, 0.15) is 5.82 Å². The lowest BCUT2D eigenvalue weighted by molar-refractivity contribution is -0.144. The van der Waals surface area contributed by atoms with Crippen molar-refractivity contribution in [3.05, 3.63) is 46.2 Å². The van der Waals surface area contributed by atoms with Crippen LogP contribution in [0.1, 0.15) is 23.5 Å². The van der Waals surface area contributed by atoms with Crippen molar-refractivity contribution < 1.29 is 13.9 Å². The van der Waals surface area contributed by atoms with Gasteiger partial charge >= 0.3 is 5.97 Å². The van der Waals surface area contributed by atoms with Gasteiger partial charge in [-0.1, -0.05) is 12.1 Å². The Bertz CT molecular complexity index is 600. The number of anilines is 1. The zero-order valence-electron chi connectivity index (χ0n) is 11.2. The van der Waals surface area contributed by atoms with Crippen LogP contribution in [-0.4, -0.2) is 17.6 Å². The van der Waals surface area contributed by atoms with Gasteiger partial charge < -0.3 is 10.1 Å². The van der Waals surface area contributed by atoms with Crippen molar-refractivity contribution in [1.29, 1.82) is 0 Å². The lowest BCUT2D eigenvalue weighted by Gasteiger charge is -2.18. The summed E-state index contributed by atoms with van der Waals surface area (Å²) in [6.45, 7) is 3.81. The molecule has 0 aliphatic heterocycles. The average Bonchev–Trinajstić information content (AvgIpc) is 2.84. The van der Waals surface area contributed by atoms with Gasteiger partial charge in [-0.2, -0.15) is 0 Å². The highest BCUT2D eigenvalue weighted by molar-refractivity contribution is 7.10. The van der Waals surface area contributed by atoms with E-state index in [9.17, 15) is 9.18 Å². The smallest absolute Gasteiger partial charge is 0.334 e. The number of aryl methyl sites for hydroxylation is 1. The van der Waals surface area contributed by atoms with Crippen LogP contribution in [0.15, 0.2) is 29.8 Å². The molecule has 1 aromatic heterocycles. The molecule has 6 heteroatoms. The number of esters is 1. The van der Waals surface area contributed by atoms with E-state index >= 15 is 0 Å². The van der Waals surface area contributed by atoms with E-state index in [1.807, 2.05) is 0 Å². The molecule has 20 heavy (non-hydrogen) atoms. The summed E-state index contributed by atoms with van der Waals surface area (Å²) in [5.74, 6) is -0.855. The lowest BCUT2D eigenvalue weighted by atomic mass is 10.2. The maximum Gasteiger partial charge on any atom is 0.334 e. The first-order valence-electron chi connectivity index (χ1n) is 6.21. The molecule has 1 aromatic carbocycles. The third kappa shape index (κ3) is 3.14. The third-order valence-electron chi connectivity index (χ3n) is 2.74. The van der Waals surface area contributed by atoms with Crippen molar-refractivity contribution in [2.75, 3.05) is 11.9 Å². The first-order valence-corrected chi connectivity index (χ1v) is 7.09. The maximum absolute atomic E-state index is 13.7. The van der Waals surface area contributed by atoms with Crippen LogP contribution < -0.4 is 5.32 Å². The van der Waals surface area contributed by atoms with Crippen molar-refractivity contribution in [2.24, 2.45) is 0 Å². The number of nitrogens with one attached hydrogen (secondary N) is 1. The number of halogens is 1. The standard InChI is InChI=1S/C14H15FN2O2S/c1-3-19-14(18)12(13-9(2)16-8-20-13)17-11-7-5-4-6-10(11)15/h4-8,12,17H,3H2,1-2H3. The fraction of sp³-hybridized carbons (Fsp3) is 0.286. The number of benzene rings is 1. The summed E-state index contributed by atoms with van der Waals surface area (Å²) in [7, 11) is 0. The highest BCUT2D eigenvalue weighted by atomic mass is 32.1. The molecule has 1 N–H and O–H groups in total. The van der Waals surface area contributed by atoms with Gasteiger partial charge in [-0.05, 0) is 26.0 Å². The van der Waals surface area contributed by atoms with E-state index in [0.717, 1.165) is 10.6 Å². The second kappa shape index (κ2) is 6.47. The minimum Gasteiger partial charge on any atom is -0.464 e. The van der Waals surface area contributed by atoms with Crippen LogP contribution in [0, 0.1) is 12.7 Å². The van der Waals surface area contributed by atoms with Crippen molar-refractivity contribution in [3.63, 3.8) is 0 Å². The van der Waals surface area contributed by atoms with Crippen molar-refractivity contribution in [3.8, 4) is 0 Å². The van der Waals surface area contributed by atoms with Crippen LogP contribution >= 0.6 is 11.3 Å². The Morgan fingerprint density at radius 3 is 2.85 bits per heavy atom. The van der Waals surface area contributed by atoms with Gasteiger partial charge in [0.15, 0.2) is 6.04 Å². The van der Waals surface area contributed by atoms with Gasteiger partial charge in [0.2, 0.25) is 0 Å². The third-order valence-corrected chi connectivity index (χ3v) is 3.74. The zero-order valence-corrected chi connectivity index (χ0v) is 12.0. The van der Waals surface area contributed by atoms with Gasteiger partial charge in [-0.15, -0.1) is 11.3 Å². The molecule has 0 saturated carbocycles. The summed E-state index contributed by atoms with van der Waals surface area (Å²) >= 11 is 1.34. The van der Waals surface area contributed by atoms with Crippen molar-refractivity contribution >= 4 is 23.0 Å². The fourth-order valence-electron chi connectivity index (χ4n) is 1.78. The second-order valence-corrected chi connectivity index (χ2v) is 5.00. The molecular formula is C14H15FN2O2S. The monoisotopic (exact) mass is 294 g/mol. The molecule has 106 valence electrons. The summed E-state index contributed by atoms with van der Waals surface area (Å²) in [6.07, 6.45) is 0. The van der Waals surface area contributed by atoms with Gasteiger partial charge in [0, 0.05) is 0 Å². The van der Waals surface area contributed by atoms with Crippen molar-refractivity contribution in [1.82, 2.24) is 4.98 Å². The van der Waals surface area contributed by atoms with E-state index in [2.05, 4.69) is 10.3 Å². The topological polar surface area (TPSA) is 51.2 Å². The Hall–Kier alpha value is -1.95. The quantitative estimate of drug-likeness (QED) is 0.860. The Morgan fingerprint density at radius 2 is 2.25 bits per heavy atom. The number of thiazole rings is 1. The van der Waals surface area contributed by atoms with Gasteiger partial charge in [0.05, 0.1) is 28.4 Å². The minimum atomic E-state index is -0.751. The first-order chi connectivity index (χ1) is 9.63. The molecule has 0 saturated heterocycles. The highest BCUT2D eigenvalue weighted by Gasteiger charge is 2.26.